The van der Waals surface area contributed by atoms with Gasteiger partial charge >= 0.3 is 0 Å². The normalized spacial score (nSPS) is 15.4. The number of anilines is 1. The summed E-state index contributed by atoms with van der Waals surface area (Å²) in [6, 6.07) is 11.6. The van der Waals surface area contributed by atoms with E-state index in [4.69, 9.17) is 24.3 Å². The summed E-state index contributed by atoms with van der Waals surface area (Å²) in [6.07, 6.45) is 0.269. The van der Waals surface area contributed by atoms with Crippen LogP contribution in [0, 0.1) is 6.92 Å². The third-order valence-electron chi connectivity index (χ3n) is 5.68. The molecule has 8 nitrogen and oxygen atoms in total. The molecule has 164 valence electrons. The topological polar surface area (TPSA) is 87.5 Å². The van der Waals surface area contributed by atoms with Crippen molar-refractivity contribution in [1.29, 1.82) is 0 Å². The van der Waals surface area contributed by atoms with Crippen molar-refractivity contribution < 1.29 is 19.0 Å². The number of aryl methyl sites for hydroxylation is 1. The lowest BCUT2D eigenvalue weighted by Gasteiger charge is -2.26. The lowest BCUT2D eigenvalue weighted by molar-refractivity contribution is -0.116. The summed E-state index contributed by atoms with van der Waals surface area (Å²) in [5, 5.41) is 8.47. The number of thiazole rings is 1. The zero-order chi connectivity index (χ0) is 22.4. The van der Waals surface area contributed by atoms with E-state index in [1.54, 1.807) is 32.1 Å². The highest BCUT2D eigenvalue weighted by Crippen LogP contribution is 2.46. The molecule has 9 heteroatoms. The average Bonchev–Trinajstić information content (AvgIpc) is 3.38. The molecule has 0 saturated carbocycles. The number of hydrogen-bond donors (Lipinski definition) is 1. The minimum absolute atomic E-state index is 0.0957. The van der Waals surface area contributed by atoms with Gasteiger partial charge < -0.3 is 19.5 Å². The molecule has 32 heavy (non-hydrogen) atoms. The fourth-order valence-electron chi connectivity index (χ4n) is 4.23. The number of rotatable bonds is 5. The molecule has 4 aromatic rings. The molecule has 1 aliphatic heterocycles. The predicted molar refractivity (Wildman–Crippen MR) is 123 cm³/mol. The van der Waals surface area contributed by atoms with Crippen molar-refractivity contribution >= 4 is 33.3 Å². The number of hydrogen-bond acceptors (Lipinski definition) is 7. The Morgan fingerprint density at radius 2 is 1.78 bits per heavy atom. The van der Waals surface area contributed by atoms with Gasteiger partial charge in [-0.1, -0.05) is 23.5 Å². The van der Waals surface area contributed by atoms with Gasteiger partial charge in [-0.05, 0) is 25.1 Å². The molecule has 1 atom stereocenters. The lowest BCUT2D eigenvalue weighted by atomic mass is 9.85. The average molecular weight is 451 g/mol. The summed E-state index contributed by atoms with van der Waals surface area (Å²) in [5.74, 6) is 2.06. The maximum absolute atomic E-state index is 12.8. The van der Waals surface area contributed by atoms with Crippen molar-refractivity contribution in [2.45, 2.75) is 19.3 Å². The molecule has 0 spiro atoms. The highest BCUT2D eigenvalue weighted by atomic mass is 32.1. The van der Waals surface area contributed by atoms with Crippen LogP contribution in [0.1, 0.15) is 29.2 Å². The maximum Gasteiger partial charge on any atom is 0.226 e. The molecule has 1 amide bonds. The second kappa shape index (κ2) is 7.83. The highest BCUT2D eigenvalue weighted by molar-refractivity contribution is 7.20. The molecule has 2 aromatic heterocycles. The van der Waals surface area contributed by atoms with Crippen molar-refractivity contribution in [2.24, 2.45) is 0 Å². The van der Waals surface area contributed by atoms with Crippen LogP contribution in [0.25, 0.3) is 15.3 Å². The van der Waals surface area contributed by atoms with E-state index in [0.29, 0.717) is 28.2 Å². The van der Waals surface area contributed by atoms with Gasteiger partial charge in [-0.3, -0.25) is 4.79 Å². The summed E-state index contributed by atoms with van der Waals surface area (Å²) >= 11 is 1.53. The molecule has 5 rings (SSSR count). The Morgan fingerprint density at radius 3 is 2.50 bits per heavy atom. The Morgan fingerprint density at radius 1 is 1.06 bits per heavy atom. The SMILES string of the molecule is COc1cc(OC)c(C2CC(=O)Nc3c2c(C)nn3-c2nc3ccccc3s2)cc1OC. The van der Waals surface area contributed by atoms with Crippen LogP contribution in [-0.2, 0) is 4.79 Å². The van der Waals surface area contributed by atoms with E-state index in [1.165, 1.54) is 11.3 Å². The quantitative estimate of drug-likeness (QED) is 0.488. The van der Waals surface area contributed by atoms with Crippen LogP contribution < -0.4 is 19.5 Å². The van der Waals surface area contributed by atoms with Gasteiger partial charge in [0.05, 0.1) is 37.2 Å². The first-order valence-corrected chi connectivity index (χ1v) is 10.9. The number of carbonyl (C=O) groups excluding carboxylic acids is 1. The first kappa shape index (κ1) is 20.3. The van der Waals surface area contributed by atoms with Gasteiger partial charge in [0, 0.05) is 29.5 Å². The van der Waals surface area contributed by atoms with E-state index >= 15 is 0 Å². The van der Waals surface area contributed by atoms with Gasteiger partial charge in [-0.15, -0.1) is 0 Å². The van der Waals surface area contributed by atoms with Gasteiger partial charge in [0.15, 0.2) is 11.5 Å². The van der Waals surface area contributed by atoms with Gasteiger partial charge in [0.25, 0.3) is 0 Å². The summed E-state index contributed by atoms with van der Waals surface area (Å²) in [5.41, 5.74) is 3.50. The largest absolute Gasteiger partial charge is 0.496 e. The molecule has 0 radical (unpaired) electrons. The maximum atomic E-state index is 12.8. The van der Waals surface area contributed by atoms with Crippen LogP contribution >= 0.6 is 11.3 Å². The number of nitrogens with one attached hydrogen (secondary N) is 1. The molecular weight excluding hydrogens is 428 g/mol. The minimum atomic E-state index is -0.253. The summed E-state index contributed by atoms with van der Waals surface area (Å²) in [4.78, 5) is 17.5. The zero-order valence-corrected chi connectivity index (χ0v) is 18.9. The van der Waals surface area contributed by atoms with E-state index in [1.807, 2.05) is 37.3 Å². The number of aromatic nitrogens is 3. The summed E-state index contributed by atoms with van der Waals surface area (Å²) < 4.78 is 19.4. The molecule has 0 bridgehead atoms. The fourth-order valence-corrected chi connectivity index (χ4v) is 5.15. The van der Waals surface area contributed by atoms with Crippen LogP contribution in [0.2, 0.25) is 0 Å². The van der Waals surface area contributed by atoms with Crippen LogP contribution in [0.3, 0.4) is 0 Å². The van der Waals surface area contributed by atoms with Crippen molar-refractivity contribution in [2.75, 3.05) is 26.6 Å². The lowest BCUT2D eigenvalue weighted by Crippen LogP contribution is -2.25. The van der Waals surface area contributed by atoms with Crippen molar-refractivity contribution in [1.82, 2.24) is 14.8 Å². The van der Waals surface area contributed by atoms with Crippen molar-refractivity contribution in [3.63, 3.8) is 0 Å². The van der Waals surface area contributed by atoms with Gasteiger partial charge in [-0.25, -0.2) is 4.98 Å². The van der Waals surface area contributed by atoms with E-state index in [-0.39, 0.29) is 18.2 Å². The van der Waals surface area contributed by atoms with Crippen LogP contribution in [-0.4, -0.2) is 42.0 Å². The Labute approximate surface area is 188 Å². The molecule has 2 aromatic carbocycles. The number of carbonyl (C=O) groups is 1. The number of methoxy groups -OCH3 is 3. The standard InChI is InChI=1S/C23H22N4O4S/c1-12-21-14(13-9-17(30-3)18(31-4)11-16(13)29-2)10-20(28)25-22(21)27(26-12)23-24-15-7-5-6-8-19(15)32-23/h5-9,11,14H,10H2,1-4H3,(H,25,28). The minimum Gasteiger partial charge on any atom is -0.496 e. The number of fused-ring (bicyclic) bond motifs is 2. The number of nitrogens with zero attached hydrogens (tertiary/aromatic N) is 3. The molecule has 1 N–H and O–H groups in total. The first-order valence-electron chi connectivity index (χ1n) is 10.1. The molecule has 0 saturated heterocycles. The molecular formula is C23H22N4O4S. The van der Waals surface area contributed by atoms with Crippen molar-refractivity contribution in [3.8, 4) is 22.4 Å². The fraction of sp³-hybridized carbons (Fsp3) is 0.261. The van der Waals surface area contributed by atoms with Crippen LogP contribution in [0.4, 0.5) is 5.82 Å². The van der Waals surface area contributed by atoms with Crippen LogP contribution in [0.15, 0.2) is 36.4 Å². The number of ether oxygens (including phenoxy) is 3. The predicted octanol–water partition coefficient (Wildman–Crippen LogP) is 4.29. The second-order valence-corrected chi connectivity index (χ2v) is 8.49. The Kier molecular flexibility index (Phi) is 4.97. The highest BCUT2D eigenvalue weighted by Gasteiger charge is 2.35. The van der Waals surface area contributed by atoms with Crippen LogP contribution in [0.5, 0.6) is 17.2 Å². The number of para-hydroxylation sites is 1. The first-order chi connectivity index (χ1) is 15.5. The van der Waals surface area contributed by atoms with E-state index in [0.717, 1.165) is 27.0 Å². The molecule has 0 aliphatic carbocycles. The van der Waals surface area contributed by atoms with E-state index in [9.17, 15) is 4.79 Å². The summed E-state index contributed by atoms with van der Waals surface area (Å²) in [6.45, 7) is 1.94. The third kappa shape index (κ3) is 3.16. The number of amides is 1. The molecule has 0 fully saturated rings. The van der Waals surface area contributed by atoms with E-state index < -0.39 is 0 Å². The molecule has 3 heterocycles. The third-order valence-corrected chi connectivity index (χ3v) is 6.69. The van der Waals surface area contributed by atoms with Gasteiger partial charge in [0.2, 0.25) is 11.0 Å². The number of benzene rings is 2. The van der Waals surface area contributed by atoms with Crippen molar-refractivity contribution in [3.05, 3.63) is 53.2 Å². The van der Waals surface area contributed by atoms with Gasteiger partial charge in [0.1, 0.15) is 11.6 Å². The molecule has 1 unspecified atom stereocenters. The zero-order valence-electron chi connectivity index (χ0n) is 18.1. The summed E-state index contributed by atoms with van der Waals surface area (Å²) in [7, 11) is 4.77. The van der Waals surface area contributed by atoms with E-state index in [2.05, 4.69) is 5.32 Å². The Hall–Kier alpha value is -3.59. The van der Waals surface area contributed by atoms with Gasteiger partial charge in [-0.2, -0.15) is 9.78 Å². The Balaban J connectivity index is 1.69. The monoisotopic (exact) mass is 450 g/mol. The smallest absolute Gasteiger partial charge is 0.226 e. The molecule has 1 aliphatic rings. The second-order valence-electron chi connectivity index (χ2n) is 7.48. The Bertz CT molecular complexity index is 1310.